The van der Waals surface area contributed by atoms with Crippen LogP contribution in [-0.2, 0) is 5.60 Å². The molecule has 1 fully saturated rings. The largest absolute Gasteiger partial charge is 0.380 e. The maximum atomic E-state index is 11.6. The molecule has 1 aliphatic rings. The van der Waals surface area contributed by atoms with E-state index in [-0.39, 0.29) is 0 Å². The molecule has 23 heavy (non-hydrogen) atoms. The Morgan fingerprint density at radius 3 is 2.00 bits per heavy atom. The van der Waals surface area contributed by atoms with Gasteiger partial charge >= 0.3 is 0 Å². The predicted molar refractivity (Wildman–Crippen MR) is 95.3 cm³/mol. The molecule has 0 saturated carbocycles. The first-order chi connectivity index (χ1) is 11.1. The third kappa shape index (κ3) is 3.49. The molecule has 3 rings (SSSR count). The third-order valence-corrected chi connectivity index (χ3v) is 5.35. The van der Waals surface area contributed by atoms with Gasteiger partial charge in [0.2, 0.25) is 0 Å². The van der Waals surface area contributed by atoms with E-state index in [0.717, 1.165) is 24.1 Å². The minimum Gasteiger partial charge on any atom is -0.380 e. The minimum atomic E-state index is -0.914. The van der Waals surface area contributed by atoms with E-state index in [9.17, 15) is 5.11 Å². The summed E-state index contributed by atoms with van der Waals surface area (Å²) in [6.07, 6.45) is 2.00. The van der Waals surface area contributed by atoms with E-state index in [1.165, 1.54) is 13.0 Å². The molecule has 1 saturated heterocycles. The fourth-order valence-corrected chi connectivity index (χ4v) is 3.90. The van der Waals surface area contributed by atoms with Gasteiger partial charge in [-0.15, -0.1) is 0 Å². The Morgan fingerprint density at radius 2 is 1.57 bits per heavy atom. The van der Waals surface area contributed by atoms with E-state index in [0.29, 0.717) is 11.8 Å². The summed E-state index contributed by atoms with van der Waals surface area (Å²) in [4.78, 5) is 2.39. The number of nitrogens with zero attached hydrogens (tertiary/aromatic N) is 1. The molecule has 2 unspecified atom stereocenters. The van der Waals surface area contributed by atoms with Crippen LogP contribution in [0.25, 0.3) is 0 Å². The van der Waals surface area contributed by atoms with Crippen molar-refractivity contribution in [1.82, 2.24) is 4.90 Å². The van der Waals surface area contributed by atoms with Gasteiger partial charge in [-0.2, -0.15) is 0 Å². The van der Waals surface area contributed by atoms with Crippen LogP contribution in [0, 0.1) is 11.8 Å². The molecule has 0 amide bonds. The SMILES string of the molecule is CC(CC(O)(c1ccccc1)c1ccccc1)C1CCN(C)C1. The second-order valence-electron chi connectivity index (χ2n) is 7.08. The lowest BCUT2D eigenvalue weighted by Crippen LogP contribution is -2.32. The first-order valence-electron chi connectivity index (χ1n) is 8.61. The van der Waals surface area contributed by atoms with E-state index in [4.69, 9.17) is 0 Å². The standard InChI is InChI=1S/C21H27NO/c1-17(18-13-14-22(2)16-18)15-21(23,19-9-5-3-6-10-19)20-11-7-4-8-12-20/h3-12,17-18,23H,13-16H2,1-2H3. The van der Waals surface area contributed by atoms with E-state index >= 15 is 0 Å². The number of likely N-dealkylation sites (tertiary alicyclic amines) is 1. The monoisotopic (exact) mass is 309 g/mol. The molecule has 2 nitrogen and oxygen atoms in total. The van der Waals surface area contributed by atoms with Crippen molar-refractivity contribution in [2.24, 2.45) is 11.8 Å². The highest BCUT2D eigenvalue weighted by atomic mass is 16.3. The van der Waals surface area contributed by atoms with Crippen LogP contribution in [0.4, 0.5) is 0 Å². The first-order valence-corrected chi connectivity index (χ1v) is 8.61. The van der Waals surface area contributed by atoms with Crippen LogP contribution >= 0.6 is 0 Å². The summed E-state index contributed by atoms with van der Waals surface area (Å²) in [7, 11) is 2.19. The number of aliphatic hydroxyl groups is 1. The van der Waals surface area contributed by atoms with Crippen molar-refractivity contribution in [2.45, 2.75) is 25.4 Å². The van der Waals surface area contributed by atoms with Crippen LogP contribution < -0.4 is 0 Å². The van der Waals surface area contributed by atoms with Crippen molar-refractivity contribution < 1.29 is 5.11 Å². The van der Waals surface area contributed by atoms with Gasteiger partial charge in [0.1, 0.15) is 5.60 Å². The number of benzene rings is 2. The zero-order chi connectivity index (χ0) is 16.3. The molecule has 2 heteroatoms. The summed E-state index contributed by atoms with van der Waals surface area (Å²) in [5, 5.41) is 11.6. The molecule has 0 aromatic heterocycles. The molecule has 1 N–H and O–H groups in total. The topological polar surface area (TPSA) is 23.5 Å². The van der Waals surface area contributed by atoms with E-state index < -0.39 is 5.60 Å². The van der Waals surface area contributed by atoms with E-state index in [1.54, 1.807) is 0 Å². The lowest BCUT2D eigenvalue weighted by molar-refractivity contribution is 0.0450. The molecule has 2 aromatic rings. The second-order valence-corrected chi connectivity index (χ2v) is 7.08. The van der Waals surface area contributed by atoms with Crippen molar-refractivity contribution in [3.63, 3.8) is 0 Å². The molecule has 1 heterocycles. The third-order valence-electron chi connectivity index (χ3n) is 5.35. The van der Waals surface area contributed by atoms with Crippen LogP contribution in [0.2, 0.25) is 0 Å². The van der Waals surface area contributed by atoms with Crippen LogP contribution in [-0.4, -0.2) is 30.1 Å². The van der Waals surface area contributed by atoms with Gasteiger partial charge in [0.05, 0.1) is 0 Å². The van der Waals surface area contributed by atoms with Crippen molar-refractivity contribution in [1.29, 1.82) is 0 Å². The molecule has 0 spiro atoms. The summed E-state index contributed by atoms with van der Waals surface area (Å²) in [5.74, 6) is 1.14. The fourth-order valence-electron chi connectivity index (χ4n) is 3.90. The minimum absolute atomic E-state index is 0.477. The van der Waals surface area contributed by atoms with Crippen LogP contribution in [0.15, 0.2) is 60.7 Å². The molecular formula is C21H27NO. The second kappa shape index (κ2) is 6.86. The Labute approximate surface area is 139 Å². The molecule has 0 aliphatic carbocycles. The predicted octanol–water partition coefficient (Wildman–Crippen LogP) is 3.90. The normalized spacial score (nSPS) is 20.6. The van der Waals surface area contributed by atoms with Gasteiger partial charge in [0.15, 0.2) is 0 Å². The number of rotatable bonds is 5. The van der Waals surface area contributed by atoms with Crippen molar-refractivity contribution in [2.75, 3.05) is 20.1 Å². The lowest BCUT2D eigenvalue weighted by atomic mass is 9.76. The van der Waals surface area contributed by atoms with E-state index in [2.05, 4.69) is 18.9 Å². The van der Waals surface area contributed by atoms with Crippen molar-refractivity contribution in [3.05, 3.63) is 71.8 Å². The van der Waals surface area contributed by atoms with Crippen LogP contribution in [0.3, 0.4) is 0 Å². The summed E-state index contributed by atoms with van der Waals surface area (Å²) in [6, 6.07) is 20.2. The van der Waals surface area contributed by atoms with Gasteiger partial charge in [-0.3, -0.25) is 0 Å². The molecule has 2 atom stereocenters. The summed E-state index contributed by atoms with van der Waals surface area (Å²) < 4.78 is 0. The highest BCUT2D eigenvalue weighted by Crippen LogP contribution is 2.39. The molecule has 0 bridgehead atoms. The Hall–Kier alpha value is -1.64. The number of hydrogen-bond acceptors (Lipinski definition) is 2. The van der Waals surface area contributed by atoms with Gasteiger partial charge < -0.3 is 10.0 Å². The van der Waals surface area contributed by atoms with Gasteiger partial charge in [-0.05, 0) is 49.4 Å². The lowest BCUT2D eigenvalue weighted by Gasteiger charge is -2.34. The molecule has 1 aliphatic heterocycles. The van der Waals surface area contributed by atoms with Crippen molar-refractivity contribution in [3.8, 4) is 0 Å². The smallest absolute Gasteiger partial charge is 0.115 e. The Morgan fingerprint density at radius 1 is 1.04 bits per heavy atom. The van der Waals surface area contributed by atoms with Crippen molar-refractivity contribution >= 4 is 0 Å². The Bertz CT molecular complexity index is 571. The summed E-state index contributed by atoms with van der Waals surface area (Å²) >= 11 is 0. The van der Waals surface area contributed by atoms with Crippen LogP contribution in [0.5, 0.6) is 0 Å². The Balaban J connectivity index is 1.90. The average Bonchev–Trinajstić information content (AvgIpc) is 3.03. The Kier molecular flexibility index (Phi) is 4.84. The zero-order valence-corrected chi connectivity index (χ0v) is 14.2. The van der Waals surface area contributed by atoms with Gasteiger partial charge in [-0.1, -0.05) is 67.6 Å². The van der Waals surface area contributed by atoms with Crippen LogP contribution in [0.1, 0.15) is 30.9 Å². The van der Waals surface area contributed by atoms with Gasteiger partial charge in [-0.25, -0.2) is 0 Å². The molecule has 122 valence electrons. The average molecular weight is 309 g/mol. The van der Waals surface area contributed by atoms with E-state index in [1.807, 2.05) is 60.7 Å². The maximum absolute atomic E-state index is 11.6. The highest BCUT2D eigenvalue weighted by molar-refractivity contribution is 5.35. The maximum Gasteiger partial charge on any atom is 0.115 e. The fraction of sp³-hybridized carbons (Fsp3) is 0.429. The van der Waals surface area contributed by atoms with Gasteiger partial charge in [0.25, 0.3) is 0 Å². The van der Waals surface area contributed by atoms with Gasteiger partial charge in [0, 0.05) is 6.54 Å². The summed E-state index contributed by atoms with van der Waals surface area (Å²) in [6.45, 7) is 4.60. The summed E-state index contributed by atoms with van der Waals surface area (Å²) in [5.41, 5.74) is 1.07. The molecular weight excluding hydrogens is 282 g/mol. The first kappa shape index (κ1) is 16.2. The molecule has 2 aromatic carbocycles. The molecule has 0 radical (unpaired) electrons. The highest BCUT2D eigenvalue weighted by Gasteiger charge is 2.36. The number of hydrogen-bond donors (Lipinski definition) is 1. The quantitative estimate of drug-likeness (QED) is 0.905. The zero-order valence-electron chi connectivity index (χ0n) is 14.2.